The van der Waals surface area contributed by atoms with Crippen LogP contribution in [0.2, 0.25) is 0 Å². The minimum Gasteiger partial charge on any atom is -0.494 e. The Morgan fingerprint density at radius 1 is 0.929 bits per heavy atom. The topological polar surface area (TPSA) is 44.8 Å². The first-order valence-corrected chi connectivity index (χ1v) is 10.7. The Kier molecular flexibility index (Phi) is 10.2. The van der Waals surface area contributed by atoms with Crippen molar-refractivity contribution in [2.45, 2.75) is 51.4 Å². The number of carbonyl (C=O) groups is 1. The minimum atomic E-state index is -0.383. The molecule has 0 bridgehead atoms. The third-order valence-electron chi connectivity index (χ3n) is 4.34. The molecule has 5 heteroatoms. The van der Waals surface area contributed by atoms with Gasteiger partial charge in [0.25, 0.3) is 0 Å². The molecule has 152 valence electrons. The van der Waals surface area contributed by atoms with Gasteiger partial charge in [-0.25, -0.2) is 4.79 Å². The molecular formula is C23H30O4S. The molecule has 0 saturated carbocycles. The van der Waals surface area contributed by atoms with E-state index in [4.69, 9.17) is 14.2 Å². The van der Waals surface area contributed by atoms with E-state index in [-0.39, 0.29) is 5.97 Å². The molecule has 0 atom stereocenters. The Bertz CT molecular complexity index is 706. The molecule has 1 aromatic carbocycles. The van der Waals surface area contributed by atoms with Crippen LogP contribution in [0.3, 0.4) is 0 Å². The SMILES string of the molecule is C=CCCCCCCCCCOc1ccc(OC(=O)c2ccc(OC)s2)cc1. The lowest BCUT2D eigenvalue weighted by Crippen LogP contribution is -2.06. The summed E-state index contributed by atoms with van der Waals surface area (Å²) in [7, 11) is 1.57. The average molecular weight is 403 g/mol. The average Bonchev–Trinajstić information content (AvgIpc) is 3.20. The van der Waals surface area contributed by atoms with Gasteiger partial charge in [-0.15, -0.1) is 6.58 Å². The van der Waals surface area contributed by atoms with Crippen molar-refractivity contribution in [3.05, 3.63) is 53.9 Å². The minimum absolute atomic E-state index is 0.383. The van der Waals surface area contributed by atoms with Crippen LogP contribution < -0.4 is 14.2 Å². The van der Waals surface area contributed by atoms with Crippen molar-refractivity contribution < 1.29 is 19.0 Å². The van der Waals surface area contributed by atoms with E-state index in [0.29, 0.717) is 22.3 Å². The predicted molar refractivity (Wildman–Crippen MR) is 115 cm³/mol. The molecule has 2 rings (SSSR count). The summed E-state index contributed by atoms with van der Waals surface area (Å²) in [4.78, 5) is 12.6. The van der Waals surface area contributed by atoms with E-state index >= 15 is 0 Å². The maximum Gasteiger partial charge on any atom is 0.353 e. The molecular weight excluding hydrogens is 372 g/mol. The Morgan fingerprint density at radius 3 is 2.21 bits per heavy atom. The second-order valence-corrected chi connectivity index (χ2v) is 7.63. The van der Waals surface area contributed by atoms with Gasteiger partial charge in [0.15, 0.2) is 5.06 Å². The van der Waals surface area contributed by atoms with E-state index in [1.54, 1.807) is 31.4 Å². The maximum absolute atomic E-state index is 12.1. The van der Waals surface area contributed by atoms with Crippen LogP contribution in [0.5, 0.6) is 16.6 Å². The highest BCUT2D eigenvalue weighted by atomic mass is 32.1. The molecule has 0 aliphatic heterocycles. The summed E-state index contributed by atoms with van der Waals surface area (Å²) in [6.45, 7) is 4.46. The Balaban J connectivity index is 1.59. The molecule has 1 heterocycles. The number of carbonyl (C=O) groups excluding carboxylic acids is 1. The van der Waals surface area contributed by atoms with Crippen LogP contribution >= 0.6 is 11.3 Å². The fourth-order valence-corrected chi connectivity index (χ4v) is 3.46. The Labute approximate surface area is 172 Å². The van der Waals surface area contributed by atoms with E-state index < -0.39 is 0 Å². The smallest absolute Gasteiger partial charge is 0.353 e. The van der Waals surface area contributed by atoms with Crippen LogP contribution in [0.15, 0.2) is 49.1 Å². The van der Waals surface area contributed by atoms with Crippen molar-refractivity contribution in [3.8, 4) is 16.6 Å². The maximum atomic E-state index is 12.1. The number of ether oxygens (including phenoxy) is 3. The van der Waals surface area contributed by atoms with E-state index in [1.165, 1.54) is 49.9 Å². The van der Waals surface area contributed by atoms with E-state index in [0.717, 1.165) is 18.6 Å². The molecule has 0 saturated heterocycles. The van der Waals surface area contributed by atoms with Gasteiger partial charge in [0.1, 0.15) is 16.4 Å². The van der Waals surface area contributed by atoms with Crippen LogP contribution in [-0.4, -0.2) is 19.7 Å². The number of benzene rings is 1. The fourth-order valence-electron chi connectivity index (χ4n) is 2.77. The van der Waals surface area contributed by atoms with Crippen LogP contribution in [0.1, 0.15) is 61.0 Å². The highest BCUT2D eigenvalue weighted by molar-refractivity contribution is 7.15. The zero-order chi connectivity index (χ0) is 20.0. The normalized spacial score (nSPS) is 10.5. The van der Waals surface area contributed by atoms with Gasteiger partial charge in [0.05, 0.1) is 13.7 Å². The summed E-state index contributed by atoms with van der Waals surface area (Å²) in [5.74, 6) is 0.912. The summed E-state index contributed by atoms with van der Waals surface area (Å²) < 4.78 is 16.2. The van der Waals surface area contributed by atoms with Crippen molar-refractivity contribution in [1.29, 1.82) is 0 Å². The first kappa shape index (κ1) is 22.0. The van der Waals surface area contributed by atoms with Gasteiger partial charge in [-0.05, 0) is 55.7 Å². The summed E-state index contributed by atoms with van der Waals surface area (Å²) >= 11 is 1.26. The third-order valence-corrected chi connectivity index (χ3v) is 5.37. The van der Waals surface area contributed by atoms with E-state index in [1.807, 2.05) is 18.2 Å². The quantitative estimate of drug-likeness (QED) is 0.153. The third kappa shape index (κ3) is 8.17. The van der Waals surface area contributed by atoms with Gasteiger partial charge in [-0.1, -0.05) is 49.5 Å². The second kappa shape index (κ2) is 13.0. The lowest BCUT2D eigenvalue weighted by atomic mass is 10.1. The van der Waals surface area contributed by atoms with Crippen molar-refractivity contribution in [3.63, 3.8) is 0 Å². The summed E-state index contributed by atoms with van der Waals surface area (Å²) in [6.07, 6.45) is 11.8. The molecule has 28 heavy (non-hydrogen) atoms. The molecule has 0 amide bonds. The molecule has 0 spiro atoms. The predicted octanol–water partition coefficient (Wildman–Crippen LogP) is 6.66. The fraction of sp³-hybridized carbons (Fsp3) is 0.435. The number of thiophene rings is 1. The number of methoxy groups -OCH3 is 1. The summed E-state index contributed by atoms with van der Waals surface area (Å²) in [5.41, 5.74) is 0. The number of unbranched alkanes of at least 4 members (excludes halogenated alkanes) is 7. The van der Waals surface area contributed by atoms with E-state index in [2.05, 4.69) is 6.58 Å². The van der Waals surface area contributed by atoms with Crippen molar-refractivity contribution in [2.24, 2.45) is 0 Å². The molecule has 4 nitrogen and oxygen atoms in total. The van der Waals surface area contributed by atoms with E-state index in [9.17, 15) is 4.79 Å². The van der Waals surface area contributed by atoms with Gasteiger partial charge in [0.2, 0.25) is 0 Å². The molecule has 0 unspecified atom stereocenters. The number of hydrogen-bond acceptors (Lipinski definition) is 5. The first-order chi connectivity index (χ1) is 13.7. The molecule has 0 aliphatic carbocycles. The highest BCUT2D eigenvalue weighted by Crippen LogP contribution is 2.26. The van der Waals surface area contributed by atoms with Crippen LogP contribution in [0.25, 0.3) is 0 Å². The first-order valence-electron chi connectivity index (χ1n) is 9.92. The molecule has 0 aliphatic rings. The van der Waals surface area contributed by atoms with Gasteiger partial charge >= 0.3 is 5.97 Å². The number of rotatable bonds is 14. The number of esters is 1. The highest BCUT2D eigenvalue weighted by Gasteiger charge is 2.12. The zero-order valence-electron chi connectivity index (χ0n) is 16.7. The molecule has 0 radical (unpaired) electrons. The second-order valence-electron chi connectivity index (χ2n) is 6.58. The van der Waals surface area contributed by atoms with Crippen molar-refractivity contribution in [1.82, 2.24) is 0 Å². The lowest BCUT2D eigenvalue weighted by molar-refractivity contribution is 0.0739. The Morgan fingerprint density at radius 2 is 1.57 bits per heavy atom. The lowest BCUT2D eigenvalue weighted by Gasteiger charge is -2.07. The van der Waals surface area contributed by atoms with Crippen LogP contribution in [-0.2, 0) is 0 Å². The monoisotopic (exact) mass is 402 g/mol. The van der Waals surface area contributed by atoms with Crippen molar-refractivity contribution in [2.75, 3.05) is 13.7 Å². The molecule has 0 N–H and O–H groups in total. The molecule has 1 aromatic heterocycles. The van der Waals surface area contributed by atoms with Crippen LogP contribution in [0.4, 0.5) is 0 Å². The molecule has 2 aromatic rings. The van der Waals surface area contributed by atoms with Crippen molar-refractivity contribution >= 4 is 17.3 Å². The van der Waals surface area contributed by atoms with Gasteiger partial charge in [-0.2, -0.15) is 0 Å². The summed E-state index contributed by atoms with van der Waals surface area (Å²) in [6, 6.07) is 10.6. The zero-order valence-corrected chi connectivity index (χ0v) is 17.5. The molecule has 0 fully saturated rings. The standard InChI is InChI=1S/C23H30O4S/c1-3-4-5-6-7-8-9-10-11-18-26-19-12-14-20(15-13-19)27-23(24)21-16-17-22(25-2)28-21/h3,12-17H,1,4-11,18H2,2H3. The Hall–Kier alpha value is -2.27. The number of hydrogen-bond donors (Lipinski definition) is 0. The largest absolute Gasteiger partial charge is 0.494 e. The summed E-state index contributed by atoms with van der Waals surface area (Å²) in [5, 5.41) is 0.684. The van der Waals surface area contributed by atoms with Gasteiger partial charge < -0.3 is 14.2 Å². The number of allylic oxidation sites excluding steroid dienone is 1. The van der Waals surface area contributed by atoms with Gasteiger partial charge in [-0.3, -0.25) is 0 Å². The van der Waals surface area contributed by atoms with Gasteiger partial charge in [0, 0.05) is 0 Å². The van der Waals surface area contributed by atoms with Crippen LogP contribution in [0, 0.1) is 0 Å².